The molecule has 0 N–H and O–H groups in total. The minimum atomic E-state index is -4.45. The molecule has 3 atom stereocenters. The Morgan fingerprint density at radius 3 is 2.59 bits per heavy atom. The van der Waals surface area contributed by atoms with Gasteiger partial charge in [-0.15, -0.1) is 0 Å². The molecule has 5 rings (SSSR count). The van der Waals surface area contributed by atoms with Gasteiger partial charge in [0.2, 0.25) is 5.88 Å². The van der Waals surface area contributed by atoms with Crippen LogP contribution in [-0.2, 0) is 6.18 Å². The highest BCUT2D eigenvalue weighted by Gasteiger charge is 2.49. The van der Waals surface area contributed by atoms with E-state index in [1.165, 1.54) is 6.07 Å². The van der Waals surface area contributed by atoms with E-state index in [-0.39, 0.29) is 29.9 Å². The number of alkyl halides is 3. The van der Waals surface area contributed by atoms with Crippen molar-refractivity contribution in [1.29, 1.82) is 0 Å². The van der Waals surface area contributed by atoms with Crippen molar-refractivity contribution in [2.75, 3.05) is 6.54 Å². The van der Waals surface area contributed by atoms with Gasteiger partial charge in [0.25, 0.3) is 5.91 Å². The number of hydrogen-bond acceptors (Lipinski definition) is 5. The third-order valence-electron chi connectivity index (χ3n) is 6.52. The maximum atomic E-state index is 13.7. The Labute approximate surface area is 194 Å². The molecule has 1 amide bonds. The summed E-state index contributed by atoms with van der Waals surface area (Å²) in [6.45, 7) is 4.37. The first-order chi connectivity index (χ1) is 16.2. The molecule has 176 valence electrons. The van der Waals surface area contributed by atoms with Crippen LogP contribution in [-0.4, -0.2) is 44.4 Å². The number of fused-ring (bicyclic) bond motifs is 2. The molecule has 1 saturated heterocycles. The van der Waals surface area contributed by atoms with Crippen molar-refractivity contribution in [2.45, 2.75) is 45.0 Å². The standard InChI is InChI=1S/C25H23F3N4O2/c1-14-4-3-9-29-22(14)18-7-5-15(2)31-23(18)24(33)32-13-16-10-19(32)20(11-16)34-21-8-6-17(12-30-21)25(26,27)28/h3-9,12,16,19-20H,10-11,13H2,1-2H3/t16-,19+,20-/m1/s1. The van der Waals surface area contributed by atoms with Gasteiger partial charge in [-0.3, -0.25) is 9.78 Å². The van der Waals surface area contributed by atoms with Crippen molar-refractivity contribution in [2.24, 2.45) is 5.92 Å². The summed E-state index contributed by atoms with van der Waals surface area (Å²) in [6.07, 6.45) is -0.827. The number of pyridine rings is 3. The molecule has 6 nitrogen and oxygen atoms in total. The van der Waals surface area contributed by atoms with Crippen molar-refractivity contribution < 1.29 is 22.7 Å². The van der Waals surface area contributed by atoms with Gasteiger partial charge >= 0.3 is 6.18 Å². The van der Waals surface area contributed by atoms with Crippen LogP contribution in [0.3, 0.4) is 0 Å². The molecule has 0 aromatic carbocycles. The molecule has 34 heavy (non-hydrogen) atoms. The van der Waals surface area contributed by atoms with Crippen LogP contribution in [0.2, 0.25) is 0 Å². The van der Waals surface area contributed by atoms with Crippen molar-refractivity contribution in [1.82, 2.24) is 19.9 Å². The summed E-state index contributed by atoms with van der Waals surface area (Å²) in [5.74, 6) is 0.194. The largest absolute Gasteiger partial charge is 0.472 e. The number of amides is 1. The van der Waals surface area contributed by atoms with Gasteiger partial charge in [-0.25, -0.2) is 9.97 Å². The average Bonchev–Trinajstić information content (AvgIpc) is 3.40. The van der Waals surface area contributed by atoms with Crippen LogP contribution < -0.4 is 4.74 Å². The number of ether oxygens (including phenoxy) is 1. The fourth-order valence-electron chi connectivity index (χ4n) is 4.91. The molecule has 0 spiro atoms. The average molecular weight is 468 g/mol. The number of nitrogens with zero attached hydrogens (tertiary/aromatic N) is 4. The van der Waals surface area contributed by atoms with E-state index >= 15 is 0 Å². The number of rotatable bonds is 4. The maximum absolute atomic E-state index is 13.7. The summed E-state index contributed by atoms with van der Waals surface area (Å²) >= 11 is 0. The summed E-state index contributed by atoms with van der Waals surface area (Å²) in [5.41, 5.74) is 2.59. The number of carbonyl (C=O) groups is 1. The molecule has 0 radical (unpaired) electrons. The topological polar surface area (TPSA) is 68.2 Å². The van der Waals surface area contributed by atoms with Crippen molar-refractivity contribution >= 4 is 5.91 Å². The number of halogens is 3. The van der Waals surface area contributed by atoms with E-state index in [0.29, 0.717) is 23.5 Å². The molecule has 2 aliphatic rings. The first-order valence-electron chi connectivity index (χ1n) is 11.1. The van der Waals surface area contributed by atoms with Gasteiger partial charge in [-0.05, 0) is 62.4 Å². The number of piperidine rings is 1. The number of carbonyl (C=O) groups excluding carboxylic acids is 1. The number of hydrogen-bond donors (Lipinski definition) is 0. The lowest BCUT2D eigenvalue weighted by Gasteiger charge is -2.33. The van der Waals surface area contributed by atoms with Crippen LogP contribution in [0, 0.1) is 19.8 Å². The Balaban J connectivity index is 1.39. The molecule has 3 aromatic heterocycles. The highest BCUT2D eigenvalue weighted by atomic mass is 19.4. The fraction of sp³-hybridized carbons (Fsp3) is 0.360. The van der Waals surface area contributed by atoms with E-state index in [0.717, 1.165) is 36.4 Å². The van der Waals surface area contributed by atoms with Gasteiger partial charge in [0.1, 0.15) is 11.8 Å². The maximum Gasteiger partial charge on any atom is 0.417 e. The first-order valence-corrected chi connectivity index (χ1v) is 11.1. The fourth-order valence-corrected chi connectivity index (χ4v) is 4.91. The molecule has 4 heterocycles. The Hall–Kier alpha value is -3.49. The molecular weight excluding hydrogens is 445 g/mol. The molecule has 1 saturated carbocycles. The zero-order chi connectivity index (χ0) is 24.0. The Morgan fingerprint density at radius 1 is 1.09 bits per heavy atom. The first kappa shape index (κ1) is 22.3. The molecule has 0 unspecified atom stereocenters. The quantitative estimate of drug-likeness (QED) is 0.547. The SMILES string of the molecule is Cc1ccc(-c2ncccc2C)c(C(=O)N2C[C@H]3C[C@@H](Oc4ccc(C(F)(F)F)cn4)[C@@H]2C3)n1. The lowest BCUT2D eigenvalue weighted by atomic mass is 10.0. The monoisotopic (exact) mass is 468 g/mol. The van der Waals surface area contributed by atoms with Gasteiger partial charge in [0.05, 0.1) is 17.3 Å². The molecule has 2 bridgehead atoms. The zero-order valence-electron chi connectivity index (χ0n) is 18.7. The zero-order valence-corrected chi connectivity index (χ0v) is 18.7. The van der Waals surface area contributed by atoms with E-state index in [2.05, 4.69) is 15.0 Å². The van der Waals surface area contributed by atoms with E-state index < -0.39 is 11.7 Å². The predicted octanol–water partition coefficient (Wildman–Crippen LogP) is 4.86. The van der Waals surface area contributed by atoms with Gasteiger partial charge in [-0.2, -0.15) is 13.2 Å². The van der Waals surface area contributed by atoms with Crippen LogP contribution in [0.4, 0.5) is 13.2 Å². The number of aromatic nitrogens is 3. The van der Waals surface area contributed by atoms with Crippen LogP contribution >= 0.6 is 0 Å². The highest BCUT2D eigenvalue weighted by molar-refractivity contribution is 5.99. The van der Waals surface area contributed by atoms with Crippen molar-refractivity contribution in [3.8, 4) is 17.1 Å². The Bertz CT molecular complexity index is 1230. The number of aryl methyl sites for hydroxylation is 2. The van der Waals surface area contributed by atoms with Gasteiger partial charge < -0.3 is 9.64 Å². The molecular formula is C25H23F3N4O2. The second kappa shape index (κ2) is 8.38. The summed E-state index contributed by atoms with van der Waals surface area (Å²) in [7, 11) is 0. The lowest BCUT2D eigenvalue weighted by molar-refractivity contribution is -0.137. The van der Waals surface area contributed by atoms with E-state index in [1.807, 2.05) is 38.1 Å². The molecule has 1 aliphatic heterocycles. The van der Waals surface area contributed by atoms with Crippen LogP contribution in [0.25, 0.3) is 11.3 Å². The second-order valence-corrected chi connectivity index (χ2v) is 8.92. The summed E-state index contributed by atoms with van der Waals surface area (Å²) in [5, 5.41) is 0. The molecule has 3 aromatic rings. The Kier molecular flexibility index (Phi) is 5.50. The lowest BCUT2D eigenvalue weighted by Crippen LogP contribution is -2.47. The summed E-state index contributed by atoms with van der Waals surface area (Å²) in [4.78, 5) is 28.3. The third kappa shape index (κ3) is 4.10. The summed E-state index contributed by atoms with van der Waals surface area (Å²) in [6, 6.07) is 9.51. The normalized spacial score (nSPS) is 21.7. The second-order valence-electron chi connectivity index (χ2n) is 8.92. The van der Waals surface area contributed by atoms with Gasteiger partial charge in [0.15, 0.2) is 0 Å². The smallest absolute Gasteiger partial charge is 0.417 e. The van der Waals surface area contributed by atoms with Gasteiger partial charge in [0, 0.05) is 36.3 Å². The van der Waals surface area contributed by atoms with Crippen LogP contribution in [0.15, 0.2) is 48.8 Å². The van der Waals surface area contributed by atoms with E-state index in [9.17, 15) is 18.0 Å². The third-order valence-corrected chi connectivity index (χ3v) is 6.52. The molecule has 1 aliphatic carbocycles. The van der Waals surface area contributed by atoms with Crippen molar-refractivity contribution in [3.63, 3.8) is 0 Å². The minimum absolute atomic E-state index is 0.122. The summed E-state index contributed by atoms with van der Waals surface area (Å²) < 4.78 is 44.4. The van der Waals surface area contributed by atoms with Gasteiger partial charge in [-0.1, -0.05) is 6.07 Å². The van der Waals surface area contributed by atoms with E-state index in [1.54, 1.807) is 11.1 Å². The van der Waals surface area contributed by atoms with E-state index in [4.69, 9.17) is 4.74 Å². The van der Waals surface area contributed by atoms with Crippen LogP contribution in [0.1, 0.15) is 40.2 Å². The molecule has 9 heteroatoms. The number of likely N-dealkylation sites (tertiary alicyclic amines) is 1. The Morgan fingerprint density at radius 2 is 1.91 bits per heavy atom. The van der Waals surface area contributed by atoms with Crippen molar-refractivity contribution in [3.05, 3.63) is 71.3 Å². The highest BCUT2D eigenvalue weighted by Crippen LogP contribution is 2.41. The van der Waals surface area contributed by atoms with Crippen LogP contribution in [0.5, 0.6) is 5.88 Å². The predicted molar refractivity (Wildman–Crippen MR) is 118 cm³/mol. The molecule has 2 fully saturated rings. The minimum Gasteiger partial charge on any atom is -0.472 e.